The van der Waals surface area contributed by atoms with Gasteiger partial charge in [-0.15, -0.1) is 0 Å². The van der Waals surface area contributed by atoms with Crippen LogP contribution in [0.2, 0.25) is 0 Å². The maximum atomic E-state index is 13.8. The van der Waals surface area contributed by atoms with E-state index in [0.717, 1.165) is 40.1 Å². The van der Waals surface area contributed by atoms with Crippen molar-refractivity contribution in [3.63, 3.8) is 0 Å². The van der Waals surface area contributed by atoms with Gasteiger partial charge >= 0.3 is 0 Å². The van der Waals surface area contributed by atoms with Gasteiger partial charge in [0.15, 0.2) is 0 Å². The highest BCUT2D eigenvalue weighted by atomic mass is 79.9. The topological polar surface area (TPSA) is 29.9 Å². The van der Waals surface area contributed by atoms with Gasteiger partial charge in [-0.2, -0.15) is 5.10 Å². The summed E-state index contributed by atoms with van der Waals surface area (Å²) in [5.41, 5.74) is 3.56. The summed E-state index contributed by atoms with van der Waals surface area (Å²) >= 11 is 3.50. The van der Waals surface area contributed by atoms with E-state index >= 15 is 0 Å². The number of halogens is 2. The van der Waals surface area contributed by atoms with Gasteiger partial charge in [0, 0.05) is 6.54 Å². The van der Waals surface area contributed by atoms with Crippen molar-refractivity contribution in [3.05, 3.63) is 45.4 Å². The summed E-state index contributed by atoms with van der Waals surface area (Å²) < 4.78 is 16.5. The summed E-state index contributed by atoms with van der Waals surface area (Å²) in [7, 11) is 0. The molecule has 0 aliphatic rings. The van der Waals surface area contributed by atoms with Gasteiger partial charge in [-0.1, -0.05) is 6.92 Å². The van der Waals surface area contributed by atoms with Gasteiger partial charge < -0.3 is 5.32 Å². The average molecular weight is 340 g/mol. The van der Waals surface area contributed by atoms with E-state index in [0.29, 0.717) is 6.54 Å². The van der Waals surface area contributed by atoms with Gasteiger partial charge in [-0.25, -0.2) is 9.07 Å². The highest BCUT2D eigenvalue weighted by Gasteiger charge is 2.11. The normalized spacial score (nSPS) is 11.1. The van der Waals surface area contributed by atoms with E-state index in [1.807, 2.05) is 19.9 Å². The minimum absolute atomic E-state index is 0.237. The Labute approximate surface area is 127 Å². The molecule has 0 fully saturated rings. The predicted molar refractivity (Wildman–Crippen MR) is 82.7 cm³/mol. The fraction of sp³-hybridized carbons (Fsp3) is 0.400. The van der Waals surface area contributed by atoms with E-state index in [2.05, 4.69) is 33.3 Å². The van der Waals surface area contributed by atoms with Gasteiger partial charge in [0.1, 0.15) is 5.82 Å². The Kier molecular flexibility index (Phi) is 4.94. The molecule has 0 saturated heterocycles. The number of hydrogen-bond donors (Lipinski definition) is 1. The van der Waals surface area contributed by atoms with Crippen LogP contribution in [-0.2, 0) is 6.54 Å². The molecule has 3 nitrogen and oxygen atoms in total. The van der Waals surface area contributed by atoms with Crippen molar-refractivity contribution in [3.8, 4) is 5.69 Å². The largest absolute Gasteiger partial charge is 0.313 e. The number of rotatable bonds is 5. The highest BCUT2D eigenvalue weighted by molar-refractivity contribution is 9.10. The van der Waals surface area contributed by atoms with Crippen molar-refractivity contribution in [1.29, 1.82) is 0 Å². The molecular weight excluding hydrogens is 321 g/mol. The maximum Gasteiger partial charge on any atom is 0.125 e. The van der Waals surface area contributed by atoms with Crippen molar-refractivity contribution in [1.82, 2.24) is 15.1 Å². The van der Waals surface area contributed by atoms with E-state index in [-0.39, 0.29) is 5.82 Å². The van der Waals surface area contributed by atoms with Crippen LogP contribution >= 0.6 is 15.9 Å². The van der Waals surface area contributed by atoms with Gasteiger partial charge in [0.2, 0.25) is 0 Å². The molecule has 0 aliphatic heterocycles. The molecule has 0 amide bonds. The summed E-state index contributed by atoms with van der Waals surface area (Å²) in [6.07, 6.45) is 1.06. The maximum absolute atomic E-state index is 13.8. The summed E-state index contributed by atoms with van der Waals surface area (Å²) in [6.45, 7) is 7.59. The fourth-order valence-corrected chi connectivity index (χ4v) is 2.39. The number of hydrogen-bond acceptors (Lipinski definition) is 2. The first-order chi connectivity index (χ1) is 9.52. The minimum Gasteiger partial charge on any atom is -0.313 e. The van der Waals surface area contributed by atoms with Gasteiger partial charge in [-0.05, 0) is 66.5 Å². The summed E-state index contributed by atoms with van der Waals surface area (Å²) in [6, 6.07) is 5.04. The lowest BCUT2D eigenvalue weighted by atomic mass is 10.2. The lowest BCUT2D eigenvalue weighted by Crippen LogP contribution is -2.14. The standard InChI is InChI=1S/C15H19BrFN3/c1-4-5-18-9-12-6-13(17)8-14(7-12)20-11(3)15(16)10(2)19-20/h6-8,18H,4-5,9H2,1-3H3. The molecule has 0 unspecified atom stereocenters. The Balaban J connectivity index is 2.34. The second-order valence-electron chi connectivity index (χ2n) is 4.89. The Morgan fingerprint density at radius 3 is 2.65 bits per heavy atom. The number of nitrogens with zero attached hydrogens (tertiary/aromatic N) is 2. The number of nitrogens with one attached hydrogen (secondary N) is 1. The van der Waals surface area contributed by atoms with Gasteiger partial charge in [-0.3, -0.25) is 0 Å². The van der Waals surface area contributed by atoms with Crippen LogP contribution in [0.5, 0.6) is 0 Å². The van der Waals surface area contributed by atoms with E-state index in [1.165, 1.54) is 6.07 Å². The summed E-state index contributed by atoms with van der Waals surface area (Å²) in [5, 5.41) is 7.72. The van der Waals surface area contributed by atoms with Gasteiger partial charge in [0.05, 0.1) is 21.5 Å². The molecule has 0 radical (unpaired) electrons. The van der Waals surface area contributed by atoms with Crippen molar-refractivity contribution < 1.29 is 4.39 Å². The zero-order valence-corrected chi connectivity index (χ0v) is 13.6. The molecule has 1 aromatic carbocycles. The number of benzene rings is 1. The number of aryl methyl sites for hydroxylation is 1. The van der Waals surface area contributed by atoms with Crippen LogP contribution in [-0.4, -0.2) is 16.3 Å². The fourth-order valence-electron chi connectivity index (χ4n) is 2.14. The third kappa shape index (κ3) is 3.27. The second kappa shape index (κ2) is 6.50. The van der Waals surface area contributed by atoms with Crippen LogP contribution in [0.3, 0.4) is 0 Å². The zero-order valence-electron chi connectivity index (χ0n) is 12.0. The molecule has 0 spiro atoms. The molecule has 2 rings (SSSR count). The highest BCUT2D eigenvalue weighted by Crippen LogP contribution is 2.24. The molecule has 1 heterocycles. The molecule has 108 valence electrons. The molecule has 1 aromatic heterocycles. The quantitative estimate of drug-likeness (QED) is 0.837. The first-order valence-corrected chi connectivity index (χ1v) is 7.54. The average Bonchev–Trinajstić information content (AvgIpc) is 2.66. The van der Waals surface area contributed by atoms with E-state index in [1.54, 1.807) is 10.7 Å². The van der Waals surface area contributed by atoms with Crippen LogP contribution in [0.25, 0.3) is 5.69 Å². The third-order valence-electron chi connectivity index (χ3n) is 3.15. The smallest absolute Gasteiger partial charge is 0.125 e. The van der Waals surface area contributed by atoms with Crippen LogP contribution in [0.4, 0.5) is 4.39 Å². The molecule has 1 N–H and O–H groups in total. The van der Waals surface area contributed by atoms with E-state index < -0.39 is 0 Å². The minimum atomic E-state index is -0.237. The molecular formula is C15H19BrFN3. The molecule has 20 heavy (non-hydrogen) atoms. The molecule has 0 bridgehead atoms. The monoisotopic (exact) mass is 339 g/mol. The third-order valence-corrected chi connectivity index (χ3v) is 4.29. The second-order valence-corrected chi connectivity index (χ2v) is 5.68. The van der Waals surface area contributed by atoms with Crippen LogP contribution in [0.1, 0.15) is 30.3 Å². The van der Waals surface area contributed by atoms with Gasteiger partial charge in [0.25, 0.3) is 0 Å². The van der Waals surface area contributed by atoms with Crippen LogP contribution in [0, 0.1) is 19.7 Å². The van der Waals surface area contributed by atoms with E-state index in [4.69, 9.17) is 0 Å². The Bertz CT molecular complexity index is 607. The first kappa shape index (κ1) is 15.2. The predicted octanol–water partition coefficient (Wildman–Crippen LogP) is 3.89. The summed E-state index contributed by atoms with van der Waals surface area (Å²) in [4.78, 5) is 0. The summed E-state index contributed by atoms with van der Waals surface area (Å²) in [5.74, 6) is -0.237. The molecule has 2 aromatic rings. The molecule has 0 saturated carbocycles. The Morgan fingerprint density at radius 2 is 2.05 bits per heavy atom. The van der Waals surface area contributed by atoms with E-state index in [9.17, 15) is 4.39 Å². The van der Waals surface area contributed by atoms with Crippen molar-refractivity contribution in [2.75, 3.05) is 6.54 Å². The lowest BCUT2D eigenvalue weighted by Gasteiger charge is -2.09. The van der Waals surface area contributed by atoms with Crippen molar-refractivity contribution >= 4 is 15.9 Å². The first-order valence-electron chi connectivity index (χ1n) is 6.75. The van der Waals surface area contributed by atoms with Crippen molar-refractivity contribution in [2.45, 2.75) is 33.7 Å². The van der Waals surface area contributed by atoms with Crippen LogP contribution < -0.4 is 5.32 Å². The molecule has 5 heteroatoms. The zero-order chi connectivity index (χ0) is 14.7. The molecule has 0 aliphatic carbocycles. The number of aromatic nitrogens is 2. The SMILES string of the molecule is CCCNCc1cc(F)cc(-n2nc(C)c(Br)c2C)c1. The van der Waals surface area contributed by atoms with Crippen molar-refractivity contribution in [2.24, 2.45) is 0 Å². The molecule has 0 atom stereocenters. The Morgan fingerprint density at radius 1 is 1.30 bits per heavy atom. The Hall–Kier alpha value is -1.20. The van der Waals surface area contributed by atoms with Crippen LogP contribution in [0.15, 0.2) is 22.7 Å². The lowest BCUT2D eigenvalue weighted by molar-refractivity contribution is 0.616.